The van der Waals surface area contributed by atoms with Crippen LogP contribution in [0.4, 0.5) is 5.69 Å². The van der Waals surface area contributed by atoms with E-state index >= 15 is 0 Å². The molecule has 0 radical (unpaired) electrons. The van der Waals surface area contributed by atoms with Crippen molar-refractivity contribution >= 4 is 15.7 Å². The van der Waals surface area contributed by atoms with E-state index in [0.717, 1.165) is 48.6 Å². The third kappa shape index (κ3) is 4.50. The van der Waals surface area contributed by atoms with Gasteiger partial charge < -0.3 is 19.3 Å². The van der Waals surface area contributed by atoms with E-state index in [9.17, 15) is 13.5 Å². The zero-order valence-electron chi connectivity index (χ0n) is 22.2. The summed E-state index contributed by atoms with van der Waals surface area (Å²) in [5.74, 6) is 1.83. The van der Waals surface area contributed by atoms with Gasteiger partial charge in [0.05, 0.1) is 16.8 Å². The predicted molar refractivity (Wildman–Crippen MR) is 150 cm³/mol. The first-order chi connectivity index (χ1) is 19.3. The Morgan fingerprint density at radius 2 is 1.70 bits per heavy atom. The molecule has 10 heteroatoms. The molecule has 4 aromatic rings. The van der Waals surface area contributed by atoms with Crippen LogP contribution in [0.3, 0.4) is 0 Å². The van der Waals surface area contributed by atoms with Crippen LogP contribution in [0.5, 0.6) is 0 Å². The molecule has 2 aromatic heterocycles. The standard InChI is InChI=1S/C30H31N5O4S/c1-33-14-24-16-34(17-25(24)15-33)26-4-2-3-21(11-26)29(36)28-12-22-18-35(19-23(22)13-32-28)40(37,38)27-7-5-20(6-8-27)30-31-9-10-39-30/h2-13,24-25,29,36H,14-19H2,1H3. The van der Waals surface area contributed by atoms with Gasteiger partial charge in [0, 0.05) is 56.7 Å². The van der Waals surface area contributed by atoms with Gasteiger partial charge in [-0.15, -0.1) is 0 Å². The number of aliphatic hydroxyl groups is 1. The Bertz CT molecular complexity index is 1630. The lowest BCUT2D eigenvalue weighted by molar-refractivity contribution is 0.215. The molecule has 206 valence electrons. The summed E-state index contributed by atoms with van der Waals surface area (Å²) in [5, 5.41) is 11.3. The van der Waals surface area contributed by atoms with Crippen molar-refractivity contribution in [2.45, 2.75) is 24.1 Å². The average Bonchev–Trinajstić information content (AvgIpc) is 3.76. The van der Waals surface area contributed by atoms with E-state index < -0.39 is 16.1 Å². The summed E-state index contributed by atoms with van der Waals surface area (Å²) in [5.41, 5.74) is 4.84. The van der Waals surface area contributed by atoms with E-state index in [4.69, 9.17) is 4.42 Å². The highest BCUT2D eigenvalue weighted by atomic mass is 32.2. The highest BCUT2D eigenvalue weighted by Crippen LogP contribution is 2.35. The van der Waals surface area contributed by atoms with Gasteiger partial charge in [0.2, 0.25) is 15.9 Å². The van der Waals surface area contributed by atoms with Crippen molar-refractivity contribution < 1.29 is 17.9 Å². The third-order valence-electron chi connectivity index (χ3n) is 8.47. The molecule has 0 amide bonds. The average molecular weight is 558 g/mol. The number of aromatic nitrogens is 2. The molecule has 40 heavy (non-hydrogen) atoms. The summed E-state index contributed by atoms with van der Waals surface area (Å²) in [7, 11) is -1.53. The molecule has 0 bridgehead atoms. The van der Waals surface area contributed by atoms with Crippen LogP contribution in [0, 0.1) is 11.8 Å². The van der Waals surface area contributed by atoms with Crippen molar-refractivity contribution in [3.8, 4) is 11.5 Å². The van der Waals surface area contributed by atoms with Crippen LogP contribution >= 0.6 is 0 Å². The quantitative estimate of drug-likeness (QED) is 0.384. The van der Waals surface area contributed by atoms with Crippen LogP contribution in [0.25, 0.3) is 11.5 Å². The SMILES string of the molecule is CN1CC2CN(c3cccc(C(O)c4cc5c(cn4)CN(S(=O)(=O)c4ccc(-c6ncco6)cc4)C5)c3)CC2C1. The minimum absolute atomic E-state index is 0.207. The predicted octanol–water partition coefficient (Wildman–Crippen LogP) is 3.52. The fraction of sp³-hybridized carbons (Fsp3) is 0.333. The molecule has 2 fully saturated rings. The number of likely N-dealkylation sites (tertiary alicyclic amines) is 1. The molecular weight excluding hydrogens is 526 g/mol. The number of nitrogens with zero attached hydrogens (tertiary/aromatic N) is 5. The van der Waals surface area contributed by atoms with Gasteiger partial charge >= 0.3 is 0 Å². The Kier molecular flexibility index (Phi) is 6.23. The molecule has 2 saturated heterocycles. The molecular formula is C30H31N5O4S. The second kappa shape index (κ2) is 9.81. The molecule has 2 aromatic carbocycles. The number of anilines is 1. The van der Waals surface area contributed by atoms with Crippen molar-refractivity contribution in [1.82, 2.24) is 19.2 Å². The lowest BCUT2D eigenvalue weighted by Crippen LogP contribution is -2.26. The lowest BCUT2D eigenvalue weighted by atomic mass is 10.0. The number of hydrogen-bond donors (Lipinski definition) is 1. The van der Waals surface area contributed by atoms with Gasteiger partial charge in [0.15, 0.2) is 0 Å². The van der Waals surface area contributed by atoms with Crippen molar-refractivity contribution in [3.63, 3.8) is 0 Å². The zero-order chi connectivity index (χ0) is 27.4. The number of aliphatic hydroxyl groups excluding tert-OH is 1. The monoisotopic (exact) mass is 557 g/mol. The first-order valence-corrected chi connectivity index (χ1v) is 15.0. The molecule has 3 aliphatic heterocycles. The fourth-order valence-electron chi connectivity index (χ4n) is 6.37. The molecule has 1 N–H and O–H groups in total. The van der Waals surface area contributed by atoms with Crippen LogP contribution in [-0.2, 0) is 23.1 Å². The molecule has 3 unspecified atom stereocenters. The Morgan fingerprint density at radius 3 is 2.42 bits per heavy atom. The number of fused-ring (bicyclic) bond motifs is 2. The Hall–Kier alpha value is -3.57. The molecule has 7 rings (SSSR count). The number of rotatable bonds is 6. The van der Waals surface area contributed by atoms with E-state index in [1.54, 1.807) is 36.7 Å². The highest BCUT2D eigenvalue weighted by molar-refractivity contribution is 7.89. The molecule has 3 atom stereocenters. The lowest BCUT2D eigenvalue weighted by Gasteiger charge is -2.22. The summed E-state index contributed by atoms with van der Waals surface area (Å²) < 4.78 is 33.5. The van der Waals surface area contributed by atoms with Crippen LogP contribution in [0.1, 0.15) is 28.5 Å². The topological polar surface area (TPSA) is 103 Å². The van der Waals surface area contributed by atoms with Crippen LogP contribution in [0.15, 0.2) is 82.6 Å². The Labute approximate surface area is 233 Å². The zero-order valence-corrected chi connectivity index (χ0v) is 23.0. The summed E-state index contributed by atoms with van der Waals surface area (Å²) >= 11 is 0. The maximum absolute atomic E-state index is 13.4. The first kappa shape index (κ1) is 25.4. The van der Waals surface area contributed by atoms with Gasteiger partial charge in [0.25, 0.3) is 0 Å². The van der Waals surface area contributed by atoms with Gasteiger partial charge in [0.1, 0.15) is 12.4 Å². The van der Waals surface area contributed by atoms with Crippen molar-refractivity contribution in [3.05, 3.63) is 95.6 Å². The summed E-state index contributed by atoms with van der Waals surface area (Å²) in [6, 6.07) is 16.5. The second-order valence-corrected chi connectivity index (χ2v) is 13.1. The fourth-order valence-corrected chi connectivity index (χ4v) is 7.77. The number of oxazole rings is 1. The summed E-state index contributed by atoms with van der Waals surface area (Å²) in [4.78, 5) is 13.7. The van der Waals surface area contributed by atoms with Crippen LogP contribution in [0.2, 0.25) is 0 Å². The van der Waals surface area contributed by atoms with Gasteiger partial charge in [-0.2, -0.15) is 4.31 Å². The van der Waals surface area contributed by atoms with E-state index in [-0.39, 0.29) is 18.0 Å². The van der Waals surface area contributed by atoms with Crippen molar-refractivity contribution in [2.24, 2.45) is 11.8 Å². The Morgan fingerprint density at radius 1 is 0.950 bits per heavy atom. The van der Waals surface area contributed by atoms with Gasteiger partial charge in [-0.25, -0.2) is 13.4 Å². The molecule has 9 nitrogen and oxygen atoms in total. The van der Waals surface area contributed by atoms with Crippen LogP contribution < -0.4 is 4.90 Å². The van der Waals surface area contributed by atoms with E-state index in [1.807, 2.05) is 18.2 Å². The van der Waals surface area contributed by atoms with E-state index in [1.165, 1.54) is 10.6 Å². The smallest absolute Gasteiger partial charge is 0.243 e. The van der Waals surface area contributed by atoms with Crippen molar-refractivity contribution in [2.75, 3.05) is 38.1 Å². The maximum atomic E-state index is 13.4. The summed E-state index contributed by atoms with van der Waals surface area (Å²) in [6.07, 6.45) is 3.83. The van der Waals surface area contributed by atoms with Gasteiger partial charge in [-0.3, -0.25) is 4.98 Å². The maximum Gasteiger partial charge on any atom is 0.243 e. The molecule has 5 heterocycles. The summed E-state index contributed by atoms with van der Waals surface area (Å²) in [6.45, 7) is 4.83. The number of hydrogen-bond acceptors (Lipinski definition) is 8. The minimum Gasteiger partial charge on any atom is -0.445 e. The number of sulfonamides is 1. The number of pyridine rings is 1. The molecule has 3 aliphatic rings. The van der Waals surface area contributed by atoms with Gasteiger partial charge in [-0.1, -0.05) is 12.1 Å². The van der Waals surface area contributed by atoms with E-state index in [0.29, 0.717) is 29.0 Å². The molecule has 0 aliphatic carbocycles. The highest BCUT2D eigenvalue weighted by Gasteiger charge is 2.39. The third-order valence-corrected chi connectivity index (χ3v) is 10.3. The normalized spacial score (nSPS) is 22.0. The molecule has 0 saturated carbocycles. The first-order valence-electron chi connectivity index (χ1n) is 13.5. The van der Waals surface area contributed by atoms with E-state index in [2.05, 4.69) is 38.9 Å². The van der Waals surface area contributed by atoms with Crippen LogP contribution in [-0.4, -0.2) is 65.9 Å². The molecule has 0 spiro atoms. The van der Waals surface area contributed by atoms with Crippen molar-refractivity contribution in [1.29, 1.82) is 0 Å². The largest absolute Gasteiger partial charge is 0.445 e. The minimum atomic E-state index is -3.72. The Balaban J connectivity index is 1.07. The second-order valence-electron chi connectivity index (χ2n) is 11.2. The number of benzene rings is 2. The van der Waals surface area contributed by atoms with Gasteiger partial charge in [-0.05, 0) is 78.0 Å².